The van der Waals surface area contributed by atoms with E-state index >= 15 is 0 Å². The van der Waals surface area contributed by atoms with Gasteiger partial charge in [-0.3, -0.25) is 4.79 Å². The molecule has 0 aliphatic rings. The number of amides is 1. The highest BCUT2D eigenvalue weighted by molar-refractivity contribution is 14.0. The average molecular weight is 536 g/mol. The van der Waals surface area contributed by atoms with E-state index in [1.54, 1.807) is 20.4 Å². The number of hydrogen-bond donors (Lipinski definition) is 1. The Bertz CT molecular complexity index is 954. The van der Waals surface area contributed by atoms with Crippen molar-refractivity contribution in [2.75, 3.05) is 34.2 Å². The van der Waals surface area contributed by atoms with Gasteiger partial charge in [0.25, 0.3) is 0 Å². The van der Waals surface area contributed by atoms with Crippen molar-refractivity contribution in [1.82, 2.24) is 24.9 Å². The molecule has 1 aromatic carbocycles. The second kappa shape index (κ2) is 12.1. The van der Waals surface area contributed by atoms with Crippen LogP contribution in [0.2, 0.25) is 0 Å². The molecular formula is C22H29IN6O2. The molecule has 0 bridgehead atoms. The molecule has 0 fully saturated rings. The van der Waals surface area contributed by atoms with E-state index in [-0.39, 0.29) is 36.4 Å². The molecule has 0 saturated carbocycles. The van der Waals surface area contributed by atoms with Gasteiger partial charge in [-0.15, -0.1) is 24.0 Å². The Kier molecular flexibility index (Phi) is 9.57. The molecule has 0 unspecified atom stereocenters. The van der Waals surface area contributed by atoms with E-state index < -0.39 is 0 Å². The highest BCUT2D eigenvalue weighted by Gasteiger charge is 2.11. The fourth-order valence-corrected chi connectivity index (χ4v) is 2.86. The van der Waals surface area contributed by atoms with Gasteiger partial charge < -0.3 is 19.5 Å². The van der Waals surface area contributed by atoms with Crippen LogP contribution in [-0.2, 0) is 17.8 Å². The second-order valence-corrected chi connectivity index (χ2v) is 7.17. The maximum Gasteiger partial charge on any atom is 0.243 e. The maximum atomic E-state index is 12.0. The number of hydrogen-bond acceptors (Lipinski definition) is 4. The highest BCUT2D eigenvalue weighted by Crippen LogP contribution is 2.09. The zero-order valence-electron chi connectivity index (χ0n) is 18.1. The number of para-hydroxylation sites is 1. The number of benzene rings is 1. The van der Waals surface area contributed by atoms with Crippen molar-refractivity contribution in [3.63, 3.8) is 0 Å². The molecule has 3 rings (SSSR count). The number of aromatic nitrogens is 2. The highest BCUT2D eigenvalue weighted by atomic mass is 127. The van der Waals surface area contributed by atoms with Crippen LogP contribution in [0, 0.1) is 0 Å². The lowest BCUT2D eigenvalue weighted by Crippen LogP contribution is -2.40. The van der Waals surface area contributed by atoms with Crippen LogP contribution in [0.15, 0.2) is 70.5 Å². The summed E-state index contributed by atoms with van der Waals surface area (Å²) in [5.74, 6) is 1.51. The first-order chi connectivity index (χ1) is 14.5. The Labute approximate surface area is 200 Å². The van der Waals surface area contributed by atoms with E-state index in [1.165, 1.54) is 4.90 Å². The summed E-state index contributed by atoms with van der Waals surface area (Å²) in [5, 5.41) is 7.78. The quantitative estimate of drug-likeness (QED) is 0.272. The summed E-state index contributed by atoms with van der Waals surface area (Å²) in [6.07, 6.45) is 6.23. The minimum Gasteiger partial charge on any atom is -0.469 e. The van der Waals surface area contributed by atoms with Crippen LogP contribution < -0.4 is 5.32 Å². The van der Waals surface area contributed by atoms with Crippen molar-refractivity contribution in [2.45, 2.75) is 13.0 Å². The fraction of sp³-hybridized carbons (Fsp3) is 0.318. The van der Waals surface area contributed by atoms with Crippen LogP contribution in [0.25, 0.3) is 5.69 Å². The number of carbonyl (C=O) groups is 1. The van der Waals surface area contributed by atoms with Crippen LogP contribution in [0.5, 0.6) is 0 Å². The van der Waals surface area contributed by atoms with Crippen LogP contribution in [0.3, 0.4) is 0 Å². The van der Waals surface area contributed by atoms with Gasteiger partial charge in [0.2, 0.25) is 5.91 Å². The molecule has 166 valence electrons. The number of halogens is 1. The largest absolute Gasteiger partial charge is 0.469 e. The molecule has 31 heavy (non-hydrogen) atoms. The summed E-state index contributed by atoms with van der Waals surface area (Å²) in [6.45, 7) is 1.34. The van der Waals surface area contributed by atoms with Crippen LogP contribution >= 0.6 is 24.0 Å². The van der Waals surface area contributed by atoms with E-state index in [4.69, 9.17) is 4.42 Å². The van der Waals surface area contributed by atoms with Gasteiger partial charge in [-0.1, -0.05) is 18.2 Å². The number of rotatable bonds is 8. The van der Waals surface area contributed by atoms with Gasteiger partial charge in [0.1, 0.15) is 12.3 Å². The molecule has 2 aromatic heterocycles. The third-order valence-corrected chi connectivity index (χ3v) is 4.54. The zero-order chi connectivity index (χ0) is 21.3. The molecule has 0 aliphatic heterocycles. The van der Waals surface area contributed by atoms with Gasteiger partial charge >= 0.3 is 0 Å². The van der Waals surface area contributed by atoms with Crippen molar-refractivity contribution < 1.29 is 9.21 Å². The second-order valence-electron chi connectivity index (χ2n) is 7.17. The summed E-state index contributed by atoms with van der Waals surface area (Å²) in [4.78, 5) is 20.0. The van der Waals surface area contributed by atoms with Crippen LogP contribution in [0.4, 0.5) is 0 Å². The predicted octanol–water partition coefficient (Wildman–Crippen LogP) is 2.79. The van der Waals surface area contributed by atoms with E-state index in [0.29, 0.717) is 19.0 Å². The third-order valence-electron chi connectivity index (χ3n) is 4.54. The minimum absolute atomic E-state index is 0. The Morgan fingerprint density at radius 1 is 1.16 bits per heavy atom. The van der Waals surface area contributed by atoms with Crippen molar-refractivity contribution in [3.8, 4) is 5.69 Å². The smallest absolute Gasteiger partial charge is 0.243 e. The first-order valence-corrected chi connectivity index (χ1v) is 9.84. The lowest BCUT2D eigenvalue weighted by molar-refractivity contribution is -0.127. The SMILES string of the molecule is CN(C)C(=O)CN=C(NCCc1ccco1)N(C)Cc1cnn(-c2ccccc2)c1.I. The molecule has 8 nitrogen and oxygen atoms in total. The van der Waals surface area contributed by atoms with Gasteiger partial charge in [0.05, 0.1) is 18.1 Å². The summed E-state index contributed by atoms with van der Waals surface area (Å²) in [7, 11) is 5.39. The monoisotopic (exact) mass is 536 g/mol. The third kappa shape index (κ3) is 7.42. The van der Waals surface area contributed by atoms with Gasteiger partial charge in [-0.05, 0) is 24.3 Å². The number of carbonyl (C=O) groups excluding carboxylic acids is 1. The van der Waals surface area contributed by atoms with Crippen molar-refractivity contribution in [2.24, 2.45) is 4.99 Å². The molecule has 2 heterocycles. The zero-order valence-corrected chi connectivity index (χ0v) is 20.4. The Balaban J connectivity index is 0.00000341. The molecule has 0 radical (unpaired) electrons. The molecule has 0 saturated heterocycles. The van der Waals surface area contributed by atoms with Gasteiger partial charge in [-0.2, -0.15) is 5.10 Å². The molecule has 0 aliphatic carbocycles. The van der Waals surface area contributed by atoms with E-state index in [2.05, 4.69) is 15.4 Å². The molecule has 9 heteroatoms. The number of nitrogens with one attached hydrogen (secondary N) is 1. The Morgan fingerprint density at radius 3 is 2.61 bits per heavy atom. The summed E-state index contributed by atoms with van der Waals surface area (Å²) in [5.41, 5.74) is 2.05. The molecule has 0 atom stereocenters. The van der Waals surface area contributed by atoms with E-state index in [0.717, 1.165) is 23.4 Å². The van der Waals surface area contributed by atoms with E-state index in [9.17, 15) is 4.79 Å². The summed E-state index contributed by atoms with van der Waals surface area (Å²) in [6, 6.07) is 13.8. The first kappa shape index (κ1) is 24.4. The van der Waals surface area contributed by atoms with Gasteiger partial charge in [-0.25, -0.2) is 9.67 Å². The maximum absolute atomic E-state index is 12.0. The lowest BCUT2D eigenvalue weighted by atomic mass is 10.3. The normalized spacial score (nSPS) is 11.0. The number of nitrogens with zero attached hydrogens (tertiary/aromatic N) is 5. The summed E-state index contributed by atoms with van der Waals surface area (Å²) >= 11 is 0. The fourth-order valence-electron chi connectivity index (χ4n) is 2.86. The predicted molar refractivity (Wildman–Crippen MR) is 132 cm³/mol. The first-order valence-electron chi connectivity index (χ1n) is 9.84. The number of furan rings is 1. The Hall–Kier alpha value is -2.82. The number of likely N-dealkylation sites (N-methyl/N-ethyl adjacent to an activating group) is 1. The number of guanidine groups is 1. The number of aliphatic imine (C=N–C) groups is 1. The van der Waals surface area contributed by atoms with Gasteiger partial charge in [0, 0.05) is 52.4 Å². The molecular weight excluding hydrogens is 507 g/mol. The van der Waals surface area contributed by atoms with Crippen LogP contribution in [-0.4, -0.2) is 65.7 Å². The van der Waals surface area contributed by atoms with Crippen molar-refractivity contribution in [3.05, 3.63) is 72.4 Å². The molecule has 1 amide bonds. The van der Waals surface area contributed by atoms with Gasteiger partial charge in [0.15, 0.2) is 5.96 Å². The molecule has 3 aromatic rings. The topological polar surface area (TPSA) is 78.9 Å². The summed E-state index contributed by atoms with van der Waals surface area (Å²) < 4.78 is 7.23. The standard InChI is InChI=1S/C22H28N6O2.HI/c1-26(2)21(29)15-24-22(23-12-11-20-10-7-13-30-20)27(3)16-18-14-25-28(17-18)19-8-5-4-6-9-19;/h4-10,13-14,17H,11-12,15-16H2,1-3H3,(H,23,24);1H. The molecule has 1 N–H and O–H groups in total. The van der Waals surface area contributed by atoms with Crippen LogP contribution in [0.1, 0.15) is 11.3 Å². The van der Waals surface area contributed by atoms with Crippen molar-refractivity contribution >= 4 is 35.8 Å². The lowest BCUT2D eigenvalue weighted by Gasteiger charge is -2.22. The minimum atomic E-state index is -0.0503. The molecule has 0 spiro atoms. The van der Waals surface area contributed by atoms with E-state index in [1.807, 2.05) is 71.5 Å². The Morgan fingerprint density at radius 2 is 1.94 bits per heavy atom. The van der Waals surface area contributed by atoms with Crippen molar-refractivity contribution in [1.29, 1.82) is 0 Å². The average Bonchev–Trinajstić information content (AvgIpc) is 3.43.